The first kappa shape index (κ1) is 25.5. The number of hydrogen-bond acceptors (Lipinski definition) is 6. The van der Waals surface area contributed by atoms with Gasteiger partial charge in [-0.1, -0.05) is 13.8 Å². The number of benzene rings is 1. The molecule has 1 amide bonds. The number of carbonyl (C=O) groups is 1. The van der Waals surface area contributed by atoms with Gasteiger partial charge in [0, 0.05) is 17.2 Å². The van der Waals surface area contributed by atoms with Crippen molar-refractivity contribution in [3.63, 3.8) is 0 Å². The van der Waals surface area contributed by atoms with Gasteiger partial charge in [0.05, 0.1) is 33.2 Å². The smallest absolute Gasteiger partial charge is 0.386 e. The van der Waals surface area contributed by atoms with Crippen LogP contribution in [-0.2, 0) is 11.8 Å². The van der Waals surface area contributed by atoms with Gasteiger partial charge in [-0.25, -0.2) is 15.0 Å². The van der Waals surface area contributed by atoms with Gasteiger partial charge in [0.15, 0.2) is 5.69 Å². The molecule has 1 aliphatic carbocycles. The Bertz CT molecular complexity index is 1210. The lowest BCUT2D eigenvalue weighted by Gasteiger charge is -2.29. The number of nitrogens with one attached hydrogen (secondary N) is 1. The molecular weight excluding hydrogens is 477 g/mol. The Balaban J connectivity index is 1.61. The van der Waals surface area contributed by atoms with Crippen molar-refractivity contribution in [1.82, 2.24) is 15.0 Å². The van der Waals surface area contributed by atoms with E-state index in [0.717, 1.165) is 40.2 Å². The fourth-order valence-electron chi connectivity index (χ4n) is 4.59. The van der Waals surface area contributed by atoms with E-state index in [2.05, 4.69) is 29.1 Å². The normalized spacial score (nSPS) is 19.3. The zero-order valence-corrected chi connectivity index (χ0v) is 20.9. The van der Waals surface area contributed by atoms with Gasteiger partial charge in [0.1, 0.15) is 5.69 Å². The Labute approximate surface area is 206 Å². The van der Waals surface area contributed by atoms with Gasteiger partial charge in [0.2, 0.25) is 0 Å². The molecule has 4 rings (SSSR count). The minimum atomic E-state index is -4.64. The van der Waals surface area contributed by atoms with Crippen LogP contribution >= 0.6 is 11.3 Å². The Morgan fingerprint density at radius 1 is 1.11 bits per heavy atom. The van der Waals surface area contributed by atoms with Crippen LogP contribution in [-0.4, -0.2) is 26.0 Å². The molecule has 188 valence electrons. The SMILES string of the molecule is CC(C)[C@H]1CC[C@H](c2nc3cc(C(C)(C)O)c(NC(=O)c4cnc(C(F)(F)F)cn4)cc3s2)CC1. The monoisotopic (exact) mass is 506 g/mol. The highest BCUT2D eigenvalue weighted by atomic mass is 32.1. The topological polar surface area (TPSA) is 88.0 Å². The fourth-order valence-corrected chi connectivity index (χ4v) is 5.74. The van der Waals surface area contributed by atoms with Crippen LogP contribution in [0.15, 0.2) is 24.5 Å². The predicted octanol–water partition coefficient (Wildman–Crippen LogP) is 6.51. The van der Waals surface area contributed by atoms with Crippen LogP contribution in [0, 0.1) is 11.8 Å². The van der Waals surface area contributed by atoms with Gasteiger partial charge >= 0.3 is 6.18 Å². The third-order valence-corrected chi connectivity index (χ3v) is 7.87. The van der Waals surface area contributed by atoms with Crippen LogP contribution in [0.2, 0.25) is 0 Å². The minimum absolute atomic E-state index is 0.258. The standard InChI is InChI=1S/C25H29F3N4O2S/c1-13(2)14-5-7-15(8-6-14)23-32-18-9-16(24(3,4)34)17(10-20(18)35-23)31-22(33)19-11-30-21(12-29-19)25(26,27)28/h9-15,34H,5-8H2,1-4H3,(H,31,33)/t14-,15-. The Kier molecular flexibility index (Phi) is 6.89. The van der Waals surface area contributed by atoms with Crippen LogP contribution < -0.4 is 5.32 Å². The van der Waals surface area contributed by atoms with Crippen molar-refractivity contribution in [3.05, 3.63) is 46.5 Å². The van der Waals surface area contributed by atoms with E-state index in [0.29, 0.717) is 29.3 Å². The summed E-state index contributed by atoms with van der Waals surface area (Å²) in [6.07, 6.45) is 1.23. The van der Waals surface area contributed by atoms with E-state index in [1.165, 1.54) is 12.8 Å². The van der Waals surface area contributed by atoms with E-state index < -0.39 is 23.4 Å². The molecule has 0 unspecified atom stereocenters. The van der Waals surface area contributed by atoms with Crippen molar-refractivity contribution in [3.8, 4) is 0 Å². The van der Waals surface area contributed by atoms with Gasteiger partial charge in [-0.05, 0) is 63.5 Å². The Hall–Kier alpha value is -2.59. The fraction of sp³-hybridized carbons (Fsp3) is 0.520. The lowest BCUT2D eigenvalue weighted by Crippen LogP contribution is -2.22. The number of rotatable bonds is 5. The lowest BCUT2D eigenvalue weighted by molar-refractivity contribution is -0.141. The van der Waals surface area contributed by atoms with Gasteiger partial charge in [-0.2, -0.15) is 13.2 Å². The van der Waals surface area contributed by atoms with Crippen molar-refractivity contribution in [2.24, 2.45) is 11.8 Å². The molecule has 0 spiro atoms. The zero-order chi connectivity index (χ0) is 25.5. The van der Waals surface area contributed by atoms with Crippen molar-refractivity contribution in [2.75, 3.05) is 5.32 Å². The van der Waals surface area contributed by atoms with Crippen LogP contribution in [0.25, 0.3) is 10.2 Å². The number of aromatic nitrogens is 3. The van der Waals surface area contributed by atoms with E-state index in [1.807, 2.05) is 0 Å². The summed E-state index contributed by atoms with van der Waals surface area (Å²) in [5.74, 6) is 1.11. The van der Waals surface area contributed by atoms with Crippen molar-refractivity contribution < 1.29 is 23.1 Å². The molecule has 1 fully saturated rings. The van der Waals surface area contributed by atoms with Gasteiger partial charge in [0.25, 0.3) is 5.91 Å². The molecule has 0 radical (unpaired) electrons. The highest BCUT2D eigenvalue weighted by Gasteiger charge is 2.33. The molecule has 0 aliphatic heterocycles. The van der Waals surface area contributed by atoms with E-state index in [9.17, 15) is 23.1 Å². The Morgan fingerprint density at radius 3 is 2.34 bits per heavy atom. The maximum atomic E-state index is 12.8. The number of hydrogen-bond donors (Lipinski definition) is 2. The number of thiazole rings is 1. The average Bonchev–Trinajstić information content (AvgIpc) is 3.20. The lowest BCUT2D eigenvalue weighted by atomic mass is 9.77. The van der Waals surface area contributed by atoms with Crippen LogP contribution in [0.5, 0.6) is 0 Å². The molecule has 2 N–H and O–H groups in total. The molecule has 1 aromatic carbocycles. The molecule has 0 bridgehead atoms. The molecular formula is C25H29F3N4O2S. The molecule has 2 heterocycles. The van der Waals surface area contributed by atoms with Gasteiger partial charge < -0.3 is 10.4 Å². The third kappa shape index (κ3) is 5.64. The summed E-state index contributed by atoms with van der Waals surface area (Å²) in [5.41, 5.74) is -1.16. The van der Waals surface area contributed by atoms with Crippen LogP contribution in [0.1, 0.15) is 86.0 Å². The molecule has 0 saturated heterocycles. The van der Waals surface area contributed by atoms with Crippen molar-refractivity contribution >= 4 is 33.1 Å². The molecule has 35 heavy (non-hydrogen) atoms. The number of alkyl halides is 3. The van der Waals surface area contributed by atoms with Crippen molar-refractivity contribution in [1.29, 1.82) is 0 Å². The zero-order valence-electron chi connectivity index (χ0n) is 20.1. The first-order valence-corrected chi connectivity index (χ1v) is 12.5. The number of nitrogens with zero attached hydrogens (tertiary/aromatic N) is 3. The minimum Gasteiger partial charge on any atom is -0.386 e. The maximum Gasteiger partial charge on any atom is 0.434 e. The molecule has 0 atom stereocenters. The summed E-state index contributed by atoms with van der Waals surface area (Å²) in [5, 5.41) is 14.5. The summed E-state index contributed by atoms with van der Waals surface area (Å²) < 4.78 is 39.1. The molecule has 10 heteroatoms. The first-order valence-electron chi connectivity index (χ1n) is 11.7. The molecule has 1 saturated carbocycles. The summed E-state index contributed by atoms with van der Waals surface area (Å²) in [7, 11) is 0. The highest BCUT2D eigenvalue weighted by Crippen LogP contribution is 2.42. The molecule has 6 nitrogen and oxygen atoms in total. The van der Waals surface area contributed by atoms with E-state index in [4.69, 9.17) is 4.98 Å². The summed E-state index contributed by atoms with van der Waals surface area (Å²) in [6, 6.07) is 3.53. The van der Waals surface area contributed by atoms with E-state index in [-0.39, 0.29) is 5.69 Å². The summed E-state index contributed by atoms with van der Waals surface area (Å²) in [4.78, 5) is 24.5. The number of halogens is 3. The highest BCUT2D eigenvalue weighted by molar-refractivity contribution is 7.18. The quantitative estimate of drug-likeness (QED) is 0.412. The van der Waals surface area contributed by atoms with Gasteiger partial charge in [-0.15, -0.1) is 11.3 Å². The van der Waals surface area contributed by atoms with Crippen LogP contribution in [0.4, 0.5) is 18.9 Å². The first-order chi connectivity index (χ1) is 16.3. The summed E-state index contributed by atoms with van der Waals surface area (Å²) in [6.45, 7) is 7.74. The summed E-state index contributed by atoms with van der Waals surface area (Å²) >= 11 is 1.58. The van der Waals surface area contributed by atoms with Gasteiger partial charge in [-0.3, -0.25) is 4.79 Å². The number of fused-ring (bicyclic) bond motifs is 1. The van der Waals surface area contributed by atoms with Crippen molar-refractivity contribution in [2.45, 2.75) is 71.1 Å². The molecule has 1 aliphatic rings. The number of amides is 1. The number of aliphatic hydroxyl groups is 1. The maximum absolute atomic E-state index is 12.8. The number of anilines is 1. The Morgan fingerprint density at radius 2 is 1.80 bits per heavy atom. The average molecular weight is 507 g/mol. The van der Waals surface area contributed by atoms with E-state index >= 15 is 0 Å². The second kappa shape index (κ2) is 9.46. The molecule has 3 aromatic rings. The molecule has 2 aromatic heterocycles. The predicted molar refractivity (Wildman–Crippen MR) is 129 cm³/mol. The third-order valence-electron chi connectivity index (χ3n) is 6.69. The second-order valence-electron chi connectivity index (χ2n) is 10.1. The van der Waals surface area contributed by atoms with E-state index in [1.54, 1.807) is 37.3 Å². The van der Waals surface area contributed by atoms with Crippen LogP contribution in [0.3, 0.4) is 0 Å². The second-order valence-corrected chi connectivity index (χ2v) is 11.1. The largest absolute Gasteiger partial charge is 0.434 e. The number of carbonyl (C=O) groups excluding carboxylic acids is 1.